The highest BCUT2D eigenvalue weighted by molar-refractivity contribution is 5.82. The number of hydrogen-bond acceptors (Lipinski definition) is 2. The number of aliphatic carboxylic acids is 1. The van der Waals surface area contributed by atoms with Gasteiger partial charge in [-0.05, 0) is 24.1 Å². The normalized spacial score (nSPS) is 11.7. The summed E-state index contributed by atoms with van der Waals surface area (Å²) in [5, 5.41) is 13.3. The number of urea groups is 1. The van der Waals surface area contributed by atoms with Crippen molar-refractivity contribution in [1.29, 1.82) is 0 Å². The van der Waals surface area contributed by atoms with Crippen molar-refractivity contribution in [2.45, 2.75) is 25.9 Å². The first-order valence-corrected chi connectivity index (χ1v) is 5.65. The van der Waals surface area contributed by atoms with Gasteiger partial charge < -0.3 is 15.7 Å². The Morgan fingerprint density at radius 2 is 2.00 bits per heavy atom. The molecule has 1 atom stereocenters. The maximum Gasteiger partial charge on any atom is 0.326 e. The summed E-state index contributed by atoms with van der Waals surface area (Å²) < 4.78 is 25.6. The molecule has 0 aliphatic carbocycles. The SMILES string of the molecule is CCC(NC(=O)NCc1ccc(F)c(F)c1)C(=O)O. The van der Waals surface area contributed by atoms with Gasteiger partial charge in [0.05, 0.1) is 0 Å². The molecule has 0 saturated heterocycles. The number of halogens is 2. The lowest BCUT2D eigenvalue weighted by molar-refractivity contribution is -0.139. The van der Waals surface area contributed by atoms with E-state index in [2.05, 4.69) is 10.6 Å². The molecule has 0 aliphatic heterocycles. The zero-order valence-corrected chi connectivity index (χ0v) is 10.2. The van der Waals surface area contributed by atoms with E-state index in [9.17, 15) is 18.4 Å². The topological polar surface area (TPSA) is 78.4 Å². The summed E-state index contributed by atoms with van der Waals surface area (Å²) in [4.78, 5) is 22.1. The Kier molecular flexibility index (Phi) is 5.23. The molecule has 104 valence electrons. The van der Waals surface area contributed by atoms with E-state index in [0.29, 0.717) is 5.56 Å². The fourth-order valence-electron chi connectivity index (χ4n) is 1.38. The minimum Gasteiger partial charge on any atom is -0.480 e. The van der Waals surface area contributed by atoms with Crippen LogP contribution < -0.4 is 10.6 Å². The number of nitrogens with one attached hydrogen (secondary N) is 2. The number of carbonyl (C=O) groups is 2. The van der Waals surface area contributed by atoms with Crippen molar-refractivity contribution in [3.63, 3.8) is 0 Å². The van der Waals surface area contributed by atoms with E-state index in [0.717, 1.165) is 12.1 Å². The molecule has 0 radical (unpaired) electrons. The Hall–Kier alpha value is -2.18. The van der Waals surface area contributed by atoms with E-state index >= 15 is 0 Å². The van der Waals surface area contributed by atoms with Gasteiger partial charge >= 0.3 is 12.0 Å². The smallest absolute Gasteiger partial charge is 0.326 e. The summed E-state index contributed by atoms with van der Waals surface area (Å²) in [6.45, 7) is 1.59. The van der Waals surface area contributed by atoms with Crippen molar-refractivity contribution < 1.29 is 23.5 Å². The number of carbonyl (C=O) groups excluding carboxylic acids is 1. The Labute approximate surface area is 108 Å². The molecular formula is C12H14F2N2O3. The molecule has 0 aliphatic rings. The molecular weight excluding hydrogens is 258 g/mol. The maximum absolute atomic E-state index is 12.9. The Bertz CT molecular complexity index is 480. The van der Waals surface area contributed by atoms with Gasteiger partial charge in [0.25, 0.3) is 0 Å². The van der Waals surface area contributed by atoms with Crippen LogP contribution in [0.25, 0.3) is 0 Å². The first-order chi connectivity index (χ1) is 8.93. The van der Waals surface area contributed by atoms with Gasteiger partial charge in [0.1, 0.15) is 6.04 Å². The molecule has 1 aromatic rings. The third kappa shape index (κ3) is 4.53. The van der Waals surface area contributed by atoms with Crippen LogP contribution in [-0.2, 0) is 11.3 Å². The molecule has 5 nitrogen and oxygen atoms in total. The molecule has 0 heterocycles. The first kappa shape index (κ1) is 14.9. The van der Waals surface area contributed by atoms with Crippen LogP contribution in [0.15, 0.2) is 18.2 Å². The molecule has 1 rings (SSSR count). The van der Waals surface area contributed by atoms with Crippen molar-refractivity contribution in [1.82, 2.24) is 10.6 Å². The number of hydrogen-bond donors (Lipinski definition) is 3. The highest BCUT2D eigenvalue weighted by atomic mass is 19.2. The van der Waals surface area contributed by atoms with Crippen LogP contribution in [0.2, 0.25) is 0 Å². The summed E-state index contributed by atoms with van der Waals surface area (Å²) in [5.41, 5.74) is 0.373. The van der Waals surface area contributed by atoms with E-state index < -0.39 is 29.7 Å². The molecule has 0 aromatic heterocycles. The molecule has 19 heavy (non-hydrogen) atoms. The molecule has 1 aromatic carbocycles. The molecule has 0 bridgehead atoms. The van der Waals surface area contributed by atoms with Crippen molar-refractivity contribution in [3.8, 4) is 0 Å². The quantitative estimate of drug-likeness (QED) is 0.762. The summed E-state index contributed by atoms with van der Waals surface area (Å²) in [6.07, 6.45) is 0.244. The molecule has 0 saturated carbocycles. The predicted octanol–water partition coefficient (Wildman–Crippen LogP) is 1.63. The average Bonchev–Trinajstić information content (AvgIpc) is 2.37. The Morgan fingerprint density at radius 3 is 2.53 bits per heavy atom. The van der Waals surface area contributed by atoms with Gasteiger partial charge in [0.2, 0.25) is 0 Å². The van der Waals surface area contributed by atoms with E-state index in [1.54, 1.807) is 6.92 Å². The van der Waals surface area contributed by atoms with Crippen LogP contribution in [0.3, 0.4) is 0 Å². The monoisotopic (exact) mass is 272 g/mol. The third-order valence-corrected chi connectivity index (χ3v) is 2.45. The molecule has 3 N–H and O–H groups in total. The van der Waals surface area contributed by atoms with E-state index in [1.165, 1.54) is 6.07 Å². The second-order valence-corrected chi connectivity index (χ2v) is 3.87. The number of benzene rings is 1. The summed E-state index contributed by atoms with van der Waals surface area (Å²) in [7, 11) is 0. The van der Waals surface area contributed by atoms with Crippen molar-refractivity contribution >= 4 is 12.0 Å². The Balaban J connectivity index is 2.49. The first-order valence-electron chi connectivity index (χ1n) is 5.65. The van der Waals surface area contributed by atoms with Gasteiger partial charge in [-0.3, -0.25) is 0 Å². The molecule has 2 amide bonds. The third-order valence-electron chi connectivity index (χ3n) is 2.45. The fourth-order valence-corrected chi connectivity index (χ4v) is 1.38. The maximum atomic E-state index is 12.9. The Morgan fingerprint density at radius 1 is 1.32 bits per heavy atom. The van der Waals surface area contributed by atoms with Crippen LogP contribution in [0.4, 0.5) is 13.6 Å². The van der Waals surface area contributed by atoms with Crippen LogP contribution >= 0.6 is 0 Å². The molecule has 0 spiro atoms. The zero-order valence-electron chi connectivity index (χ0n) is 10.2. The molecule has 7 heteroatoms. The predicted molar refractivity (Wildman–Crippen MR) is 63.4 cm³/mol. The van der Waals surface area contributed by atoms with Crippen LogP contribution in [-0.4, -0.2) is 23.1 Å². The summed E-state index contributed by atoms with van der Waals surface area (Å²) in [6, 6.07) is 1.58. The second-order valence-electron chi connectivity index (χ2n) is 3.87. The van der Waals surface area contributed by atoms with Crippen LogP contribution in [0, 0.1) is 11.6 Å². The minimum absolute atomic E-state index is 0.0287. The molecule has 0 fully saturated rings. The number of carboxylic acids is 1. The van der Waals surface area contributed by atoms with Gasteiger partial charge in [0, 0.05) is 6.54 Å². The zero-order chi connectivity index (χ0) is 14.4. The number of rotatable bonds is 5. The highest BCUT2D eigenvalue weighted by Gasteiger charge is 2.17. The average molecular weight is 272 g/mol. The van der Waals surface area contributed by atoms with Crippen LogP contribution in [0.1, 0.15) is 18.9 Å². The lowest BCUT2D eigenvalue weighted by Crippen LogP contribution is -2.45. The van der Waals surface area contributed by atoms with Crippen LogP contribution in [0.5, 0.6) is 0 Å². The minimum atomic E-state index is -1.13. The second kappa shape index (κ2) is 6.67. The fraction of sp³-hybridized carbons (Fsp3) is 0.333. The van der Waals surface area contributed by atoms with Crippen molar-refractivity contribution in [2.75, 3.05) is 0 Å². The van der Waals surface area contributed by atoms with E-state index in [4.69, 9.17) is 5.11 Å². The largest absolute Gasteiger partial charge is 0.480 e. The van der Waals surface area contributed by atoms with Crippen molar-refractivity contribution in [3.05, 3.63) is 35.4 Å². The van der Waals surface area contributed by atoms with Gasteiger partial charge in [-0.2, -0.15) is 0 Å². The summed E-state index contributed by atoms with van der Waals surface area (Å²) >= 11 is 0. The van der Waals surface area contributed by atoms with Gasteiger partial charge in [-0.15, -0.1) is 0 Å². The lowest BCUT2D eigenvalue weighted by Gasteiger charge is -2.13. The standard InChI is InChI=1S/C12H14F2N2O3/c1-2-10(11(17)18)16-12(19)15-6-7-3-4-8(13)9(14)5-7/h3-5,10H,2,6H2,1H3,(H,17,18)(H2,15,16,19). The summed E-state index contributed by atoms with van der Waals surface area (Å²) in [5.74, 6) is -3.10. The number of carboxylic acid groups (broad SMARTS) is 1. The number of amides is 2. The van der Waals surface area contributed by atoms with E-state index in [1.807, 2.05) is 0 Å². The van der Waals surface area contributed by atoms with Crippen molar-refractivity contribution in [2.24, 2.45) is 0 Å². The lowest BCUT2D eigenvalue weighted by atomic mass is 10.2. The van der Waals surface area contributed by atoms with Gasteiger partial charge in [-0.1, -0.05) is 13.0 Å². The van der Waals surface area contributed by atoms with E-state index in [-0.39, 0.29) is 13.0 Å². The van der Waals surface area contributed by atoms with Gasteiger partial charge in [0.15, 0.2) is 11.6 Å². The van der Waals surface area contributed by atoms with Gasteiger partial charge in [-0.25, -0.2) is 18.4 Å². The highest BCUT2D eigenvalue weighted by Crippen LogP contribution is 2.08. The molecule has 1 unspecified atom stereocenters.